The summed E-state index contributed by atoms with van der Waals surface area (Å²) in [6.07, 6.45) is 1.19. The lowest BCUT2D eigenvalue weighted by molar-refractivity contribution is -0.398. The molecular weight excluding hydrogens is 310 g/mol. The molecule has 0 fully saturated rings. The van der Waals surface area contributed by atoms with Crippen molar-refractivity contribution in [3.63, 3.8) is 0 Å². The first-order valence-corrected chi connectivity index (χ1v) is 6.86. The van der Waals surface area contributed by atoms with Crippen LogP contribution in [0.2, 0.25) is 0 Å². The molecule has 24 heavy (non-hydrogen) atoms. The molecule has 0 saturated heterocycles. The molecular formula is C17H12N3O4-. The molecule has 0 aromatic heterocycles. The maximum atomic E-state index is 12.1. The maximum absolute atomic E-state index is 12.1. The Bertz CT molecular complexity index is 882. The largest absolute Gasteiger partial charge is 0.868 e. The van der Waals surface area contributed by atoms with Gasteiger partial charge in [0.2, 0.25) is 0 Å². The molecule has 0 aliphatic carbocycles. The van der Waals surface area contributed by atoms with Crippen LogP contribution >= 0.6 is 0 Å². The quantitative estimate of drug-likeness (QED) is 0.401. The minimum atomic E-state index is -0.807. The van der Waals surface area contributed by atoms with E-state index in [4.69, 9.17) is 5.26 Å². The summed E-state index contributed by atoms with van der Waals surface area (Å²) < 4.78 is 0. The molecule has 1 amide bonds. The van der Waals surface area contributed by atoms with Crippen molar-refractivity contribution < 1.29 is 14.8 Å². The summed E-state index contributed by atoms with van der Waals surface area (Å²) in [5.74, 6) is -1.38. The number of nitriles is 1. The van der Waals surface area contributed by atoms with E-state index in [0.717, 1.165) is 17.7 Å². The number of rotatable bonds is 4. The van der Waals surface area contributed by atoms with E-state index in [1.165, 1.54) is 12.1 Å². The van der Waals surface area contributed by atoms with Crippen LogP contribution in [0.1, 0.15) is 11.1 Å². The van der Waals surface area contributed by atoms with E-state index in [-0.39, 0.29) is 11.1 Å². The third-order valence-electron chi connectivity index (χ3n) is 3.13. The van der Waals surface area contributed by atoms with Crippen LogP contribution in [0.5, 0.6) is 5.75 Å². The van der Waals surface area contributed by atoms with Gasteiger partial charge in [0, 0.05) is 11.8 Å². The maximum Gasteiger partial charge on any atom is 0.266 e. The molecule has 0 radical (unpaired) electrons. The van der Waals surface area contributed by atoms with Gasteiger partial charge in [0.1, 0.15) is 11.6 Å². The van der Waals surface area contributed by atoms with Crippen LogP contribution in [0, 0.1) is 28.4 Å². The molecule has 0 atom stereocenters. The van der Waals surface area contributed by atoms with Crippen molar-refractivity contribution in [3.05, 3.63) is 69.3 Å². The second-order valence-corrected chi connectivity index (χ2v) is 4.98. The van der Waals surface area contributed by atoms with Crippen molar-refractivity contribution in [2.45, 2.75) is 6.92 Å². The number of nitrogens with zero attached hydrogens (tertiary/aromatic N) is 2. The molecule has 7 nitrogen and oxygen atoms in total. The van der Waals surface area contributed by atoms with E-state index in [9.17, 15) is 20.0 Å². The molecule has 0 aliphatic heterocycles. The highest BCUT2D eigenvalue weighted by Gasteiger charge is 2.12. The first-order chi connectivity index (χ1) is 11.4. The summed E-state index contributed by atoms with van der Waals surface area (Å²) in [6.45, 7) is 1.86. The first kappa shape index (κ1) is 16.7. The Morgan fingerprint density at radius 1 is 1.29 bits per heavy atom. The van der Waals surface area contributed by atoms with Gasteiger partial charge >= 0.3 is 0 Å². The van der Waals surface area contributed by atoms with Gasteiger partial charge in [0.15, 0.2) is 0 Å². The summed E-state index contributed by atoms with van der Waals surface area (Å²) in [7, 11) is 0. The summed E-state index contributed by atoms with van der Waals surface area (Å²) in [4.78, 5) is 22.1. The van der Waals surface area contributed by atoms with E-state index in [0.29, 0.717) is 5.69 Å². The Morgan fingerprint density at radius 2 is 2.04 bits per heavy atom. The molecule has 0 aliphatic rings. The summed E-state index contributed by atoms with van der Waals surface area (Å²) in [6, 6.07) is 12.2. The van der Waals surface area contributed by atoms with Crippen LogP contribution in [0.15, 0.2) is 48.0 Å². The van der Waals surface area contributed by atoms with Crippen LogP contribution in [-0.4, -0.2) is 10.8 Å². The van der Waals surface area contributed by atoms with Gasteiger partial charge < -0.3 is 10.4 Å². The van der Waals surface area contributed by atoms with Gasteiger partial charge in [-0.3, -0.25) is 14.9 Å². The predicted octanol–water partition coefficient (Wildman–Crippen LogP) is 2.52. The predicted molar refractivity (Wildman–Crippen MR) is 85.9 cm³/mol. The van der Waals surface area contributed by atoms with E-state index in [1.807, 2.05) is 13.0 Å². The third-order valence-corrected chi connectivity index (χ3v) is 3.13. The van der Waals surface area contributed by atoms with Crippen LogP contribution in [0.4, 0.5) is 11.4 Å². The highest BCUT2D eigenvalue weighted by atomic mass is 16.6. The average molecular weight is 322 g/mol. The molecule has 7 heteroatoms. The van der Waals surface area contributed by atoms with Crippen molar-refractivity contribution in [2.24, 2.45) is 0 Å². The van der Waals surface area contributed by atoms with Gasteiger partial charge in [0.05, 0.1) is 4.92 Å². The third kappa shape index (κ3) is 3.96. The number of carbonyl (C=O) groups is 1. The normalized spacial score (nSPS) is 10.8. The molecule has 2 aromatic carbocycles. The van der Waals surface area contributed by atoms with Gasteiger partial charge in [-0.15, -0.1) is 0 Å². The van der Waals surface area contributed by atoms with Crippen molar-refractivity contribution in [1.82, 2.24) is 0 Å². The van der Waals surface area contributed by atoms with Gasteiger partial charge in [-0.25, -0.2) is 0 Å². The van der Waals surface area contributed by atoms with Crippen molar-refractivity contribution in [2.75, 3.05) is 5.32 Å². The zero-order chi connectivity index (χ0) is 17.7. The zero-order valence-electron chi connectivity index (χ0n) is 12.6. The number of aryl methyl sites for hydroxylation is 1. The van der Waals surface area contributed by atoms with Crippen molar-refractivity contribution >= 4 is 23.4 Å². The fourth-order valence-corrected chi connectivity index (χ4v) is 2.00. The zero-order valence-corrected chi connectivity index (χ0v) is 12.6. The topological polar surface area (TPSA) is 119 Å². The lowest BCUT2D eigenvalue weighted by Gasteiger charge is -2.07. The van der Waals surface area contributed by atoms with Gasteiger partial charge in [0.25, 0.3) is 11.6 Å². The molecule has 0 spiro atoms. The lowest BCUT2D eigenvalue weighted by Crippen LogP contribution is -2.13. The fraction of sp³-hybridized carbons (Fsp3) is 0.0588. The molecule has 0 bridgehead atoms. The van der Waals surface area contributed by atoms with Gasteiger partial charge in [-0.1, -0.05) is 24.3 Å². The monoisotopic (exact) mass is 322 g/mol. The number of hydrogen-bond donors (Lipinski definition) is 1. The smallest absolute Gasteiger partial charge is 0.266 e. The number of nitrogens with one attached hydrogen (secondary N) is 1. The minimum Gasteiger partial charge on any atom is -0.868 e. The first-order valence-electron chi connectivity index (χ1n) is 6.86. The Morgan fingerprint density at radius 3 is 2.67 bits per heavy atom. The SMILES string of the molecule is Cc1cccc(NC(=O)/C(C#N)=C/c2ccc([O-])c([N+](=O)[O-])c2)c1. The molecule has 1 N–H and O–H groups in total. The highest BCUT2D eigenvalue weighted by Crippen LogP contribution is 2.25. The number of anilines is 1. The minimum absolute atomic E-state index is 0.220. The van der Waals surface area contributed by atoms with Crippen LogP contribution < -0.4 is 10.4 Å². The molecule has 2 rings (SSSR count). The van der Waals surface area contributed by atoms with Crippen LogP contribution in [-0.2, 0) is 4.79 Å². The van der Waals surface area contributed by atoms with Crippen molar-refractivity contribution in [3.8, 4) is 11.8 Å². The van der Waals surface area contributed by atoms with Crippen molar-refractivity contribution in [1.29, 1.82) is 5.26 Å². The Hall–Kier alpha value is -3.66. The second-order valence-electron chi connectivity index (χ2n) is 4.98. The summed E-state index contributed by atoms with van der Waals surface area (Å²) in [5.41, 5.74) is 0.848. The molecule has 0 saturated carbocycles. The molecule has 0 heterocycles. The van der Waals surface area contributed by atoms with E-state index < -0.39 is 22.3 Å². The molecule has 2 aromatic rings. The fourth-order valence-electron chi connectivity index (χ4n) is 2.00. The van der Waals surface area contributed by atoms with E-state index in [2.05, 4.69) is 5.32 Å². The number of nitro benzene ring substituents is 1. The van der Waals surface area contributed by atoms with E-state index in [1.54, 1.807) is 24.3 Å². The van der Waals surface area contributed by atoms with Gasteiger partial charge in [-0.2, -0.15) is 5.26 Å². The van der Waals surface area contributed by atoms with Crippen LogP contribution in [0.3, 0.4) is 0 Å². The summed E-state index contributed by atoms with van der Waals surface area (Å²) >= 11 is 0. The lowest BCUT2D eigenvalue weighted by atomic mass is 10.1. The second kappa shape index (κ2) is 7.07. The van der Waals surface area contributed by atoms with E-state index >= 15 is 0 Å². The number of benzene rings is 2. The standard InChI is InChI=1S/C17H13N3O4/c1-11-3-2-4-14(7-11)19-17(22)13(10-18)8-12-5-6-16(21)15(9-12)20(23)24/h2-9,21H,1H3,(H,19,22)/p-1/b13-8+. The number of hydrogen-bond acceptors (Lipinski definition) is 5. The number of nitro groups is 1. The molecule has 120 valence electrons. The number of amides is 1. The van der Waals surface area contributed by atoms with Gasteiger partial charge in [-0.05, 0) is 42.0 Å². The Balaban J connectivity index is 2.29. The number of carbonyl (C=O) groups excluding carboxylic acids is 1. The van der Waals surface area contributed by atoms with Crippen LogP contribution in [0.25, 0.3) is 6.08 Å². The summed E-state index contributed by atoms with van der Waals surface area (Å²) in [5, 5.41) is 33.9. The molecule has 0 unspecified atom stereocenters. The Labute approximate surface area is 137 Å². The Kier molecular flexibility index (Phi) is 4.92. The highest BCUT2D eigenvalue weighted by molar-refractivity contribution is 6.09. The average Bonchev–Trinajstić information content (AvgIpc) is 2.53.